The van der Waals surface area contributed by atoms with Crippen LogP contribution in [0, 0.1) is 0 Å². The monoisotopic (exact) mass is 552 g/mol. The van der Waals surface area contributed by atoms with E-state index in [0.29, 0.717) is 45.4 Å². The fourth-order valence-corrected chi connectivity index (χ4v) is 4.97. The highest BCUT2D eigenvalue weighted by Gasteiger charge is 2.31. The van der Waals surface area contributed by atoms with Crippen LogP contribution >= 0.6 is 11.3 Å². The maximum absolute atomic E-state index is 13.7. The maximum atomic E-state index is 13.7. The summed E-state index contributed by atoms with van der Waals surface area (Å²) in [5.41, 5.74) is 1.30. The van der Waals surface area contributed by atoms with E-state index in [0.717, 1.165) is 5.56 Å². The third kappa shape index (κ3) is 6.04. The van der Waals surface area contributed by atoms with Crippen molar-refractivity contribution >= 4 is 29.4 Å². The van der Waals surface area contributed by atoms with E-state index in [1.807, 2.05) is 13.8 Å². The number of esters is 2. The number of rotatable bonds is 10. The van der Waals surface area contributed by atoms with Crippen molar-refractivity contribution in [1.82, 2.24) is 4.57 Å². The molecule has 0 saturated carbocycles. The first kappa shape index (κ1) is 27.6. The van der Waals surface area contributed by atoms with E-state index < -0.39 is 18.0 Å². The summed E-state index contributed by atoms with van der Waals surface area (Å²) < 4.78 is 28.3. The van der Waals surface area contributed by atoms with E-state index in [9.17, 15) is 14.4 Å². The van der Waals surface area contributed by atoms with E-state index in [2.05, 4.69) is 9.73 Å². The molecule has 2 heterocycles. The molecule has 2 aromatic carbocycles. The summed E-state index contributed by atoms with van der Waals surface area (Å²) in [6, 6.07) is 11.5. The van der Waals surface area contributed by atoms with Gasteiger partial charge in [0, 0.05) is 6.20 Å². The Morgan fingerprint density at radius 3 is 2.36 bits per heavy atom. The first-order chi connectivity index (χ1) is 18.9. The van der Waals surface area contributed by atoms with E-state index in [1.165, 1.54) is 36.3 Å². The Labute approximate surface area is 228 Å². The molecule has 0 aliphatic carbocycles. The van der Waals surface area contributed by atoms with E-state index in [4.69, 9.17) is 18.9 Å². The molecule has 0 amide bonds. The largest absolute Gasteiger partial charge is 0.490 e. The van der Waals surface area contributed by atoms with Gasteiger partial charge in [0.1, 0.15) is 5.75 Å². The number of nitrogens with zero attached hydrogens (tertiary/aromatic N) is 2. The molecule has 0 saturated heterocycles. The molecule has 0 bridgehead atoms. The van der Waals surface area contributed by atoms with Gasteiger partial charge in [-0.1, -0.05) is 29.5 Å². The fourth-order valence-electron chi connectivity index (χ4n) is 4.00. The van der Waals surface area contributed by atoms with Gasteiger partial charge < -0.3 is 23.7 Å². The Kier molecular flexibility index (Phi) is 8.82. The number of benzene rings is 2. The normalized spacial score (nSPS) is 14.5. The first-order valence-electron chi connectivity index (χ1n) is 12.2. The Hall–Kier alpha value is -4.38. The maximum Gasteiger partial charge on any atom is 0.343 e. The van der Waals surface area contributed by atoms with Crippen molar-refractivity contribution < 1.29 is 33.3 Å². The average molecular weight is 553 g/mol. The van der Waals surface area contributed by atoms with Crippen LogP contribution < -0.4 is 29.1 Å². The van der Waals surface area contributed by atoms with Crippen LogP contribution in [0.3, 0.4) is 0 Å². The predicted octanol–water partition coefficient (Wildman–Crippen LogP) is 2.37. The number of aromatic nitrogens is 1. The zero-order valence-electron chi connectivity index (χ0n) is 22.0. The summed E-state index contributed by atoms with van der Waals surface area (Å²) in [6.07, 6.45) is 3.17. The van der Waals surface area contributed by atoms with Crippen molar-refractivity contribution in [2.45, 2.75) is 19.9 Å². The van der Waals surface area contributed by atoms with Gasteiger partial charge in [-0.25, -0.2) is 14.6 Å². The van der Waals surface area contributed by atoms with Crippen molar-refractivity contribution in [3.05, 3.63) is 85.1 Å². The molecule has 1 atom stereocenters. The van der Waals surface area contributed by atoms with E-state index in [1.54, 1.807) is 48.5 Å². The standard InChI is InChI=1S/C28H28N2O8S/c1-5-36-21-12-9-18(14-22(21)37-6-2)25-20(27(33)35-4)15-29-28-30(25)26(32)23(39-28)13-17-7-10-19(11-8-17)38-16-24(31)34-3/h7-15,25H,5-6,16H2,1-4H3/b23-13-/t25-/m1/s1. The summed E-state index contributed by atoms with van der Waals surface area (Å²) in [4.78, 5) is 42.5. The lowest BCUT2D eigenvalue weighted by molar-refractivity contribution is -0.143. The average Bonchev–Trinajstić information content (AvgIpc) is 3.27. The first-order valence-corrected chi connectivity index (χ1v) is 13.0. The second kappa shape index (κ2) is 12.4. The summed E-state index contributed by atoms with van der Waals surface area (Å²) in [6.45, 7) is 4.42. The third-order valence-electron chi connectivity index (χ3n) is 5.77. The van der Waals surface area contributed by atoms with Crippen LogP contribution in [0.15, 0.2) is 64.0 Å². The predicted molar refractivity (Wildman–Crippen MR) is 144 cm³/mol. The summed E-state index contributed by atoms with van der Waals surface area (Å²) in [7, 11) is 2.57. The molecule has 1 aromatic heterocycles. The van der Waals surface area contributed by atoms with Crippen LogP contribution in [0.2, 0.25) is 0 Å². The highest BCUT2D eigenvalue weighted by Crippen LogP contribution is 2.35. The molecule has 0 radical (unpaired) electrons. The molecular formula is C28H28N2O8S. The molecule has 0 spiro atoms. The quantitative estimate of drug-likeness (QED) is 0.352. The fraction of sp³-hybridized carbons (Fsp3) is 0.286. The van der Waals surface area contributed by atoms with Crippen LogP contribution in [0.5, 0.6) is 17.2 Å². The number of carbonyl (C=O) groups is 2. The molecule has 3 aromatic rings. The summed E-state index contributed by atoms with van der Waals surface area (Å²) in [5, 5.41) is 0. The Balaban J connectivity index is 1.76. The zero-order valence-corrected chi connectivity index (χ0v) is 22.8. The Bertz CT molecular complexity index is 1570. The van der Waals surface area contributed by atoms with E-state index in [-0.39, 0.29) is 17.7 Å². The van der Waals surface area contributed by atoms with Gasteiger partial charge in [0.25, 0.3) is 5.56 Å². The second-order valence-corrected chi connectivity index (χ2v) is 9.19. The second-order valence-electron chi connectivity index (χ2n) is 8.18. The molecule has 0 unspecified atom stereocenters. The zero-order chi connectivity index (χ0) is 27.9. The minimum absolute atomic E-state index is 0.201. The summed E-state index contributed by atoms with van der Waals surface area (Å²) in [5.74, 6) is 0.490. The molecule has 0 fully saturated rings. The number of hydrogen-bond acceptors (Lipinski definition) is 10. The van der Waals surface area contributed by atoms with Gasteiger partial charge in [0.2, 0.25) is 0 Å². The molecule has 204 valence electrons. The van der Waals surface area contributed by atoms with Crippen molar-refractivity contribution in [3.8, 4) is 17.2 Å². The number of methoxy groups -OCH3 is 2. The molecule has 1 aliphatic rings. The smallest absolute Gasteiger partial charge is 0.343 e. The van der Waals surface area contributed by atoms with Crippen LogP contribution in [0.25, 0.3) is 6.08 Å². The van der Waals surface area contributed by atoms with Crippen LogP contribution in [0.1, 0.15) is 31.0 Å². The van der Waals surface area contributed by atoms with Gasteiger partial charge in [-0.15, -0.1) is 0 Å². The van der Waals surface area contributed by atoms with Gasteiger partial charge >= 0.3 is 11.9 Å². The van der Waals surface area contributed by atoms with Gasteiger partial charge in [-0.05, 0) is 55.3 Å². The number of carbonyl (C=O) groups excluding carboxylic acids is 2. The lowest BCUT2D eigenvalue weighted by Gasteiger charge is -2.23. The molecule has 0 N–H and O–H groups in total. The molecule has 39 heavy (non-hydrogen) atoms. The molecular weight excluding hydrogens is 524 g/mol. The minimum Gasteiger partial charge on any atom is -0.490 e. The number of hydrogen-bond donors (Lipinski definition) is 0. The number of ether oxygens (including phenoxy) is 5. The molecule has 1 aliphatic heterocycles. The van der Waals surface area contributed by atoms with Crippen molar-refractivity contribution in [2.24, 2.45) is 4.99 Å². The number of thiazole rings is 1. The molecule has 4 rings (SSSR count). The van der Waals surface area contributed by atoms with Gasteiger partial charge in [-0.3, -0.25) is 9.36 Å². The summed E-state index contributed by atoms with van der Waals surface area (Å²) >= 11 is 1.21. The number of fused-ring (bicyclic) bond motifs is 1. The van der Waals surface area contributed by atoms with Crippen molar-refractivity contribution in [3.63, 3.8) is 0 Å². The highest BCUT2D eigenvalue weighted by atomic mass is 32.1. The Morgan fingerprint density at radius 1 is 0.974 bits per heavy atom. The van der Waals surface area contributed by atoms with Gasteiger partial charge in [0.15, 0.2) is 22.9 Å². The molecule has 10 nitrogen and oxygen atoms in total. The lowest BCUT2D eigenvalue weighted by Crippen LogP contribution is -2.39. The van der Waals surface area contributed by atoms with Gasteiger partial charge in [0.05, 0.1) is 43.6 Å². The van der Waals surface area contributed by atoms with E-state index >= 15 is 0 Å². The highest BCUT2D eigenvalue weighted by molar-refractivity contribution is 7.07. The van der Waals surface area contributed by atoms with Crippen molar-refractivity contribution in [1.29, 1.82) is 0 Å². The third-order valence-corrected chi connectivity index (χ3v) is 6.77. The lowest BCUT2D eigenvalue weighted by atomic mass is 9.97. The topological polar surface area (TPSA) is 115 Å². The van der Waals surface area contributed by atoms with Crippen LogP contribution in [-0.4, -0.2) is 50.5 Å². The van der Waals surface area contributed by atoms with Crippen molar-refractivity contribution in [2.75, 3.05) is 34.0 Å². The molecule has 11 heteroatoms. The van der Waals surface area contributed by atoms with Crippen LogP contribution in [-0.2, 0) is 19.1 Å². The Morgan fingerprint density at radius 2 is 1.69 bits per heavy atom. The minimum atomic E-state index is -0.778. The van der Waals surface area contributed by atoms with Gasteiger partial charge in [-0.2, -0.15) is 0 Å². The SMILES string of the molecule is CCOc1ccc([C@@H]2C(C(=O)OC)=CN=c3s/c(=C\c4ccc(OCC(=O)OC)cc4)c(=O)n32)cc1OCC. The van der Waals surface area contributed by atoms with Crippen LogP contribution in [0.4, 0.5) is 0 Å².